The van der Waals surface area contributed by atoms with Crippen molar-refractivity contribution in [3.8, 4) is 5.75 Å². The van der Waals surface area contributed by atoms with Gasteiger partial charge in [0.05, 0.1) is 7.11 Å². The molecule has 2 N–H and O–H groups in total. The van der Waals surface area contributed by atoms with Crippen molar-refractivity contribution in [2.45, 2.75) is 12.5 Å². The number of methoxy groups -OCH3 is 1. The summed E-state index contributed by atoms with van der Waals surface area (Å²) < 4.78 is 18.6. The van der Waals surface area contributed by atoms with Gasteiger partial charge in [0, 0.05) is 0 Å². The third-order valence-electron chi connectivity index (χ3n) is 2.64. The molecule has 1 atom stereocenters. The SMILES string of the molecule is COc1cccc(F)c1C(=O)N[C@@H](CCSC)C(=O)O. The standard InChI is InChI=1S/C13H16FNO4S/c1-19-10-5-3-4-8(14)11(10)12(16)15-9(13(17)18)6-7-20-2/h3-5,9H,6-7H2,1-2H3,(H,15,16)(H,17,18)/t9-/m0/s1. The van der Waals surface area contributed by atoms with Crippen LogP contribution >= 0.6 is 11.8 Å². The number of carbonyl (C=O) groups excluding carboxylic acids is 1. The Labute approximate surface area is 120 Å². The van der Waals surface area contributed by atoms with Gasteiger partial charge in [-0.25, -0.2) is 9.18 Å². The number of carboxylic acids is 1. The van der Waals surface area contributed by atoms with Crippen molar-refractivity contribution in [3.05, 3.63) is 29.6 Å². The van der Waals surface area contributed by atoms with Gasteiger partial charge in [-0.1, -0.05) is 6.07 Å². The van der Waals surface area contributed by atoms with E-state index in [1.807, 2.05) is 6.26 Å². The first kappa shape index (κ1) is 16.3. The van der Waals surface area contributed by atoms with Crippen molar-refractivity contribution in [3.63, 3.8) is 0 Å². The summed E-state index contributed by atoms with van der Waals surface area (Å²) in [7, 11) is 1.31. The first-order valence-electron chi connectivity index (χ1n) is 5.86. The topological polar surface area (TPSA) is 75.6 Å². The molecule has 1 aromatic carbocycles. The van der Waals surface area contributed by atoms with Gasteiger partial charge in [-0.05, 0) is 30.6 Å². The van der Waals surface area contributed by atoms with E-state index in [1.165, 1.54) is 31.0 Å². The van der Waals surface area contributed by atoms with E-state index in [0.29, 0.717) is 5.75 Å². The van der Waals surface area contributed by atoms with E-state index in [0.717, 1.165) is 6.07 Å². The molecule has 110 valence electrons. The molecule has 1 rings (SSSR count). The highest BCUT2D eigenvalue weighted by Crippen LogP contribution is 2.21. The fourth-order valence-electron chi connectivity index (χ4n) is 1.62. The summed E-state index contributed by atoms with van der Waals surface area (Å²) in [4.78, 5) is 23.1. The second-order valence-electron chi connectivity index (χ2n) is 3.96. The van der Waals surface area contributed by atoms with Crippen LogP contribution in [0.15, 0.2) is 18.2 Å². The molecule has 0 heterocycles. The van der Waals surface area contributed by atoms with Gasteiger partial charge in [0.25, 0.3) is 5.91 Å². The third kappa shape index (κ3) is 4.12. The number of hydrogen-bond acceptors (Lipinski definition) is 4. The first-order valence-corrected chi connectivity index (χ1v) is 7.25. The normalized spacial score (nSPS) is 11.8. The van der Waals surface area contributed by atoms with Gasteiger partial charge in [-0.15, -0.1) is 0 Å². The van der Waals surface area contributed by atoms with Crippen LogP contribution in [-0.2, 0) is 4.79 Å². The van der Waals surface area contributed by atoms with E-state index in [2.05, 4.69) is 5.32 Å². The van der Waals surface area contributed by atoms with Gasteiger partial charge in [-0.2, -0.15) is 11.8 Å². The molecular formula is C13H16FNO4S. The molecule has 0 radical (unpaired) electrons. The summed E-state index contributed by atoms with van der Waals surface area (Å²) in [6, 6.07) is 2.91. The van der Waals surface area contributed by atoms with Gasteiger partial charge in [0.2, 0.25) is 0 Å². The number of hydrogen-bond donors (Lipinski definition) is 2. The Balaban J connectivity index is 2.91. The molecule has 20 heavy (non-hydrogen) atoms. The van der Waals surface area contributed by atoms with Crippen LogP contribution in [-0.4, -0.2) is 42.1 Å². The molecule has 0 saturated heterocycles. The van der Waals surface area contributed by atoms with Crippen molar-refractivity contribution in [2.75, 3.05) is 19.1 Å². The van der Waals surface area contributed by atoms with Crippen molar-refractivity contribution < 1.29 is 23.8 Å². The highest BCUT2D eigenvalue weighted by molar-refractivity contribution is 7.98. The lowest BCUT2D eigenvalue weighted by Gasteiger charge is -2.15. The molecule has 0 unspecified atom stereocenters. The molecular weight excluding hydrogens is 285 g/mol. The highest BCUT2D eigenvalue weighted by Gasteiger charge is 2.24. The maximum atomic E-state index is 13.7. The monoisotopic (exact) mass is 301 g/mol. The summed E-state index contributed by atoms with van der Waals surface area (Å²) in [5.74, 6) is -2.06. The molecule has 0 bridgehead atoms. The van der Waals surface area contributed by atoms with Gasteiger partial charge in [0.15, 0.2) is 0 Å². The number of carbonyl (C=O) groups is 2. The average Bonchev–Trinajstić information content (AvgIpc) is 2.42. The second kappa shape index (κ2) is 7.74. The number of amides is 1. The fraction of sp³-hybridized carbons (Fsp3) is 0.385. The molecule has 0 fully saturated rings. The van der Waals surface area contributed by atoms with E-state index in [9.17, 15) is 14.0 Å². The molecule has 0 aliphatic rings. The van der Waals surface area contributed by atoms with Crippen molar-refractivity contribution >= 4 is 23.6 Å². The number of thioether (sulfide) groups is 1. The Morgan fingerprint density at radius 3 is 2.75 bits per heavy atom. The molecule has 0 aliphatic carbocycles. The average molecular weight is 301 g/mol. The Morgan fingerprint density at radius 2 is 2.20 bits per heavy atom. The number of halogens is 1. The zero-order chi connectivity index (χ0) is 15.1. The van der Waals surface area contributed by atoms with Gasteiger partial charge >= 0.3 is 5.97 Å². The minimum atomic E-state index is -1.15. The third-order valence-corrected chi connectivity index (χ3v) is 3.28. The second-order valence-corrected chi connectivity index (χ2v) is 4.95. The molecule has 0 aliphatic heterocycles. The zero-order valence-electron chi connectivity index (χ0n) is 11.2. The summed E-state index contributed by atoms with van der Waals surface area (Å²) in [5.41, 5.74) is -0.287. The Morgan fingerprint density at radius 1 is 1.50 bits per heavy atom. The van der Waals surface area contributed by atoms with E-state index in [-0.39, 0.29) is 17.7 Å². The Kier molecular flexibility index (Phi) is 6.30. The Hall–Kier alpha value is -1.76. The number of benzene rings is 1. The molecule has 0 aromatic heterocycles. The van der Waals surface area contributed by atoms with Crippen LogP contribution in [0.4, 0.5) is 4.39 Å². The lowest BCUT2D eigenvalue weighted by molar-refractivity contribution is -0.139. The number of carboxylic acid groups (broad SMARTS) is 1. The first-order chi connectivity index (χ1) is 9.51. The van der Waals surface area contributed by atoms with Crippen LogP contribution in [0.1, 0.15) is 16.8 Å². The Bertz CT molecular complexity index is 495. The fourth-order valence-corrected chi connectivity index (χ4v) is 2.09. The van der Waals surface area contributed by atoms with Gasteiger partial charge < -0.3 is 15.2 Å². The molecule has 1 amide bonds. The van der Waals surface area contributed by atoms with Crippen LogP contribution in [0.5, 0.6) is 5.75 Å². The largest absolute Gasteiger partial charge is 0.496 e. The maximum absolute atomic E-state index is 13.7. The summed E-state index contributed by atoms with van der Waals surface area (Å²) >= 11 is 1.47. The number of nitrogens with one attached hydrogen (secondary N) is 1. The number of rotatable bonds is 7. The van der Waals surface area contributed by atoms with Crippen LogP contribution in [0.2, 0.25) is 0 Å². The zero-order valence-corrected chi connectivity index (χ0v) is 12.0. The van der Waals surface area contributed by atoms with Crippen molar-refractivity contribution in [1.29, 1.82) is 0 Å². The van der Waals surface area contributed by atoms with Crippen LogP contribution in [0.25, 0.3) is 0 Å². The summed E-state index contributed by atoms with van der Waals surface area (Å²) in [6.07, 6.45) is 2.10. The quantitative estimate of drug-likeness (QED) is 0.803. The molecule has 7 heteroatoms. The summed E-state index contributed by atoms with van der Waals surface area (Å²) in [6.45, 7) is 0. The van der Waals surface area contributed by atoms with E-state index in [4.69, 9.17) is 9.84 Å². The van der Waals surface area contributed by atoms with Crippen LogP contribution in [0.3, 0.4) is 0 Å². The minimum absolute atomic E-state index is 0.0662. The van der Waals surface area contributed by atoms with E-state index < -0.39 is 23.7 Å². The lowest BCUT2D eigenvalue weighted by Crippen LogP contribution is -2.41. The van der Waals surface area contributed by atoms with Crippen molar-refractivity contribution in [1.82, 2.24) is 5.32 Å². The van der Waals surface area contributed by atoms with E-state index >= 15 is 0 Å². The van der Waals surface area contributed by atoms with Crippen LogP contribution in [0, 0.1) is 5.82 Å². The highest BCUT2D eigenvalue weighted by atomic mass is 32.2. The molecule has 0 saturated carbocycles. The molecule has 1 aromatic rings. The lowest BCUT2D eigenvalue weighted by atomic mass is 10.1. The molecule has 0 spiro atoms. The number of ether oxygens (including phenoxy) is 1. The van der Waals surface area contributed by atoms with E-state index in [1.54, 1.807) is 0 Å². The van der Waals surface area contributed by atoms with Gasteiger partial charge in [0.1, 0.15) is 23.2 Å². The summed E-state index contributed by atoms with van der Waals surface area (Å²) in [5, 5.41) is 11.4. The molecule has 5 nitrogen and oxygen atoms in total. The number of aliphatic carboxylic acids is 1. The maximum Gasteiger partial charge on any atom is 0.326 e. The minimum Gasteiger partial charge on any atom is -0.496 e. The van der Waals surface area contributed by atoms with Crippen molar-refractivity contribution in [2.24, 2.45) is 0 Å². The van der Waals surface area contributed by atoms with Gasteiger partial charge in [-0.3, -0.25) is 4.79 Å². The van der Waals surface area contributed by atoms with Crippen LogP contribution < -0.4 is 10.1 Å². The predicted molar refractivity (Wildman–Crippen MR) is 74.8 cm³/mol. The predicted octanol–water partition coefficient (Wildman–Crippen LogP) is 1.77. The smallest absolute Gasteiger partial charge is 0.326 e.